The lowest BCUT2D eigenvalue weighted by Crippen LogP contribution is -2.36. The van der Waals surface area contributed by atoms with Gasteiger partial charge in [-0.15, -0.1) is 11.8 Å². The van der Waals surface area contributed by atoms with Crippen LogP contribution in [-0.2, 0) is 15.3 Å². The molecule has 21 heavy (non-hydrogen) atoms. The number of rotatable bonds is 8. The summed E-state index contributed by atoms with van der Waals surface area (Å²) in [6.45, 7) is 7.54. The second-order valence-corrected chi connectivity index (χ2v) is 6.27. The van der Waals surface area contributed by atoms with Gasteiger partial charge in [0.15, 0.2) is 0 Å². The highest BCUT2D eigenvalue weighted by Crippen LogP contribution is 2.19. The van der Waals surface area contributed by atoms with E-state index in [-0.39, 0.29) is 24.1 Å². The van der Waals surface area contributed by atoms with Crippen molar-refractivity contribution in [1.82, 2.24) is 10.5 Å². The topological polar surface area (TPSA) is 92.4 Å². The summed E-state index contributed by atoms with van der Waals surface area (Å²) in [7, 11) is 0. The van der Waals surface area contributed by atoms with Crippen molar-refractivity contribution >= 4 is 23.6 Å². The maximum atomic E-state index is 11.7. The van der Waals surface area contributed by atoms with E-state index in [2.05, 4.69) is 10.5 Å². The van der Waals surface area contributed by atoms with Gasteiger partial charge in [0.25, 0.3) is 0 Å². The number of hydrogen-bond donors (Lipinski definition) is 2. The average Bonchev–Trinajstić information content (AvgIpc) is 2.69. The molecule has 1 aromatic heterocycles. The lowest BCUT2D eigenvalue weighted by molar-refractivity contribution is -0.143. The number of aryl methyl sites for hydroxylation is 2. The predicted octanol–water partition coefficient (Wildman–Crippen LogP) is 2.00. The molecule has 2 N–H and O–H groups in total. The summed E-state index contributed by atoms with van der Waals surface area (Å²) in [5.41, 5.74) is 1.85. The normalized spacial score (nSPS) is 12.4. The summed E-state index contributed by atoms with van der Waals surface area (Å²) in [6.07, 6.45) is 0. The van der Waals surface area contributed by atoms with Crippen molar-refractivity contribution in [2.45, 2.75) is 33.4 Å². The van der Waals surface area contributed by atoms with Gasteiger partial charge in [-0.05, 0) is 19.8 Å². The van der Waals surface area contributed by atoms with Crippen molar-refractivity contribution in [3.63, 3.8) is 0 Å². The Morgan fingerprint density at radius 2 is 2.05 bits per heavy atom. The Labute approximate surface area is 128 Å². The van der Waals surface area contributed by atoms with Crippen LogP contribution < -0.4 is 5.32 Å². The lowest BCUT2D eigenvalue weighted by atomic mass is 9.96. The SMILES string of the molecule is Cc1noc(C)c1CSCC(=O)NCC(C(=O)O)C(C)C. The van der Waals surface area contributed by atoms with E-state index < -0.39 is 11.9 Å². The zero-order valence-corrected chi connectivity index (χ0v) is 13.6. The molecule has 1 atom stereocenters. The van der Waals surface area contributed by atoms with E-state index in [9.17, 15) is 9.59 Å². The first kappa shape index (κ1) is 17.6. The second kappa shape index (κ2) is 8.07. The summed E-state index contributed by atoms with van der Waals surface area (Å²) in [5, 5.41) is 15.6. The van der Waals surface area contributed by atoms with E-state index >= 15 is 0 Å². The number of amides is 1. The third-order valence-electron chi connectivity index (χ3n) is 3.30. The minimum absolute atomic E-state index is 0.0160. The fraction of sp³-hybridized carbons (Fsp3) is 0.643. The second-order valence-electron chi connectivity index (χ2n) is 5.29. The van der Waals surface area contributed by atoms with Gasteiger partial charge in [-0.1, -0.05) is 19.0 Å². The maximum absolute atomic E-state index is 11.7. The maximum Gasteiger partial charge on any atom is 0.308 e. The van der Waals surface area contributed by atoms with Gasteiger partial charge in [0, 0.05) is 17.9 Å². The first-order chi connectivity index (χ1) is 9.82. The first-order valence-corrected chi connectivity index (χ1v) is 7.97. The summed E-state index contributed by atoms with van der Waals surface area (Å²) in [6, 6.07) is 0. The molecule has 1 amide bonds. The van der Waals surface area contributed by atoms with Crippen LogP contribution in [0.1, 0.15) is 30.9 Å². The number of carbonyl (C=O) groups is 2. The fourth-order valence-corrected chi connectivity index (χ4v) is 2.84. The van der Waals surface area contributed by atoms with Gasteiger partial charge in [-0.25, -0.2) is 0 Å². The molecule has 118 valence electrons. The van der Waals surface area contributed by atoms with Crippen LogP contribution in [-0.4, -0.2) is 34.4 Å². The number of thioether (sulfide) groups is 1. The standard InChI is InChI=1S/C14H22N2O4S/c1-8(2)11(14(18)19)5-15-13(17)7-21-6-12-9(3)16-20-10(12)4/h8,11H,5-7H2,1-4H3,(H,15,17)(H,18,19). The molecule has 0 bridgehead atoms. The minimum atomic E-state index is -0.881. The molecule has 0 aromatic carbocycles. The molecule has 1 rings (SSSR count). The molecule has 0 spiro atoms. The van der Waals surface area contributed by atoms with Crippen molar-refractivity contribution in [1.29, 1.82) is 0 Å². The van der Waals surface area contributed by atoms with Crippen LogP contribution in [0, 0.1) is 25.7 Å². The van der Waals surface area contributed by atoms with E-state index in [1.54, 1.807) is 0 Å². The van der Waals surface area contributed by atoms with Gasteiger partial charge in [-0.3, -0.25) is 9.59 Å². The van der Waals surface area contributed by atoms with Crippen LogP contribution in [0.25, 0.3) is 0 Å². The molecule has 0 aliphatic carbocycles. The van der Waals surface area contributed by atoms with Crippen molar-refractivity contribution in [3.8, 4) is 0 Å². The third-order valence-corrected chi connectivity index (χ3v) is 4.26. The van der Waals surface area contributed by atoms with Crippen LogP contribution in [0.4, 0.5) is 0 Å². The number of carboxylic acids is 1. The van der Waals surface area contributed by atoms with Crippen molar-refractivity contribution < 1.29 is 19.2 Å². The Morgan fingerprint density at radius 3 is 2.52 bits per heavy atom. The Balaban J connectivity index is 2.33. The molecule has 0 fully saturated rings. The number of hydrogen-bond acceptors (Lipinski definition) is 5. The Kier molecular flexibility index (Phi) is 6.74. The zero-order valence-electron chi connectivity index (χ0n) is 12.8. The highest BCUT2D eigenvalue weighted by Gasteiger charge is 2.21. The summed E-state index contributed by atoms with van der Waals surface area (Å²) >= 11 is 1.46. The average molecular weight is 314 g/mol. The van der Waals surface area contributed by atoms with Gasteiger partial charge < -0.3 is 14.9 Å². The van der Waals surface area contributed by atoms with Gasteiger partial charge in [0.1, 0.15) is 5.76 Å². The summed E-state index contributed by atoms with van der Waals surface area (Å²) < 4.78 is 5.06. The van der Waals surface area contributed by atoms with Crippen LogP contribution in [0.5, 0.6) is 0 Å². The van der Waals surface area contributed by atoms with E-state index in [0.717, 1.165) is 17.0 Å². The molecule has 7 heteroatoms. The van der Waals surface area contributed by atoms with Gasteiger partial charge in [0.05, 0.1) is 17.4 Å². The predicted molar refractivity (Wildman–Crippen MR) is 81.1 cm³/mol. The molecule has 0 saturated carbocycles. The summed E-state index contributed by atoms with van der Waals surface area (Å²) in [5.74, 6) is 0.105. The van der Waals surface area contributed by atoms with Crippen molar-refractivity contribution in [3.05, 3.63) is 17.0 Å². The molecular formula is C14H22N2O4S. The molecular weight excluding hydrogens is 292 g/mol. The molecule has 0 saturated heterocycles. The number of aliphatic carboxylic acids is 1. The number of carbonyl (C=O) groups excluding carboxylic acids is 1. The summed E-state index contributed by atoms with van der Waals surface area (Å²) in [4.78, 5) is 22.8. The van der Waals surface area contributed by atoms with Gasteiger partial charge in [0.2, 0.25) is 5.91 Å². The number of nitrogens with one attached hydrogen (secondary N) is 1. The number of nitrogens with zero attached hydrogens (tertiary/aromatic N) is 1. The van der Waals surface area contributed by atoms with Crippen LogP contribution in [0.3, 0.4) is 0 Å². The Bertz CT molecular complexity index is 480. The highest BCUT2D eigenvalue weighted by atomic mass is 32.2. The molecule has 1 aromatic rings. The molecule has 0 radical (unpaired) electrons. The molecule has 6 nitrogen and oxygen atoms in total. The minimum Gasteiger partial charge on any atom is -0.481 e. The van der Waals surface area contributed by atoms with E-state index in [1.165, 1.54) is 11.8 Å². The molecule has 1 heterocycles. The van der Waals surface area contributed by atoms with Crippen molar-refractivity contribution in [2.24, 2.45) is 11.8 Å². The zero-order chi connectivity index (χ0) is 16.0. The fourth-order valence-electron chi connectivity index (χ4n) is 1.84. The number of carboxylic acid groups (broad SMARTS) is 1. The van der Waals surface area contributed by atoms with Crippen LogP contribution in [0.2, 0.25) is 0 Å². The largest absolute Gasteiger partial charge is 0.481 e. The molecule has 0 aliphatic heterocycles. The highest BCUT2D eigenvalue weighted by molar-refractivity contribution is 7.99. The Hall–Kier alpha value is -1.50. The van der Waals surface area contributed by atoms with Gasteiger partial charge in [-0.2, -0.15) is 0 Å². The van der Waals surface area contributed by atoms with E-state index in [0.29, 0.717) is 5.75 Å². The quantitative estimate of drug-likeness (QED) is 0.762. The van der Waals surface area contributed by atoms with E-state index in [4.69, 9.17) is 9.63 Å². The first-order valence-electron chi connectivity index (χ1n) is 6.82. The molecule has 1 unspecified atom stereocenters. The monoisotopic (exact) mass is 314 g/mol. The van der Waals surface area contributed by atoms with Crippen LogP contribution >= 0.6 is 11.8 Å². The molecule has 0 aliphatic rings. The number of aromatic nitrogens is 1. The van der Waals surface area contributed by atoms with Gasteiger partial charge >= 0.3 is 5.97 Å². The lowest BCUT2D eigenvalue weighted by Gasteiger charge is -2.16. The van der Waals surface area contributed by atoms with Crippen LogP contribution in [0.15, 0.2) is 4.52 Å². The smallest absolute Gasteiger partial charge is 0.308 e. The Morgan fingerprint density at radius 1 is 1.38 bits per heavy atom. The van der Waals surface area contributed by atoms with E-state index in [1.807, 2.05) is 27.7 Å². The third kappa shape index (κ3) is 5.41. The van der Waals surface area contributed by atoms with Crippen molar-refractivity contribution in [2.75, 3.05) is 12.3 Å².